The van der Waals surface area contributed by atoms with E-state index in [1.54, 1.807) is 7.11 Å². The van der Waals surface area contributed by atoms with Crippen LogP contribution < -0.4 is 20.7 Å². The maximum absolute atomic E-state index is 11.9. The molecule has 3 N–H and O–H groups in total. The number of hydrogen-bond acceptors (Lipinski definition) is 4. The van der Waals surface area contributed by atoms with E-state index in [1.807, 2.05) is 42.6 Å². The second-order valence-corrected chi connectivity index (χ2v) is 6.78. The summed E-state index contributed by atoms with van der Waals surface area (Å²) in [7, 11) is 1.69. The number of carbonyl (C=O) groups excluding carboxylic acids is 1. The van der Waals surface area contributed by atoms with Crippen LogP contribution in [0.4, 0.5) is 0 Å². The van der Waals surface area contributed by atoms with Crippen LogP contribution in [0.25, 0.3) is 0 Å². The van der Waals surface area contributed by atoms with Crippen LogP contribution in [-0.2, 0) is 6.42 Å². The van der Waals surface area contributed by atoms with Gasteiger partial charge in [0.1, 0.15) is 5.75 Å². The first-order valence-electron chi connectivity index (χ1n) is 9.20. The van der Waals surface area contributed by atoms with E-state index in [1.165, 1.54) is 16.9 Å². The molecule has 0 unspecified atom stereocenters. The fourth-order valence-corrected chi connectivity index (χ4v) is 3.17. The van der Waals surface area contributed by atoms with Crippen LogP contribution in [0.5, 0.6) is 5.75 Å². The van der Waals surface area contributed by atoms with Crippen LogP contribution in [0.2, 0.25) is 0 Å². The van der Waals surface area contributed by atoms with Crippen LogP contribution in [0.1, 0.15) is 28.6 Å². The largest absolute Gasteiger partial charge is 0.496 e. The molecular weight excluding hydrogens is 360 g/mol. The number of nitrogens with zero attached hydrogens (tertiary/aromatic N) is 1. The number of hydrogen-bond donors (Lipinski definition) is 3. The van der Waals surface area contributed by atoms with Crippen molar-refractivity contribution in [3.63, 3.8) is 0 Å². The van der Waals surface area contributed by atoms with Crippen LogP contribution >= 0.6 is 11.3 Å². The zero-order valence-corrected chi connectivity index (χ0v) is 16.8. The number of aliphatic imine (C=N–C) groups is 1. The van der Waals surface area contributed by atoms with Crippen LogP contribution in [0.3, 0.4) is 0 Å². The molecule has 0 aliphatic carbocycles. The van der Waals surface area contributed by atoms with Crippen molar-refractivity contribution in [1.29, 1.82) is 0 Å². The van der Waals surface area contributed by atoms with Crippen molar-refractivity contribution in [2.45, 2.75) is 19.8 Å². The highest BCUT2D eigenvalue weighted by molar-refractivity contribution is 7.12. The van der Waals surface area contributed by atoms with Crippen molar-refractivity contribution in [2.75, 3.05) is 33.3 Å². The Labute approximate surface area is 165 Å². The highest BCUT2D eigenvalue weighted by Crippen LogP contribution is 2.17. The molecule has 6 nitrogen and oxygen atoms in total. The van der Waals surface area contributed by atoms with Gasteiger partial charge in [0.05, 0.1) is 12.0 Å². The Morgan fingerprint density at radius 2 is 1.96 bits per heavy atom. The van der Waals surface area contributed by atoms with Gasteiger partial charge < -0.3 is 20.7 Å². The number of guanidine groups is 1. The maximum Gasteiger partial charge on any atom is 0.261 e. The van der Waals surface area contributed by atoms with Gasteiger partial charge in [0, 0.05) is 26.2 Å². The first-order valence-corrected chi connectivity index (χ1v) is 10.1. The number of ether oxygens (including phenoxy) is 1. The Hall–Kier alpha value is -2.54. The normalized spacial score (nSPS) is 11.1. The molecule has 27 heavy (non-hydrogen) atoms. The lowest BCUT2D eigenvalue weighted by atomic mass is 10.1. The van der Waals surface area contributed by atoms with Crippen LogP contribution in [0.15, 0.2) is 46.8 Å². The summed E-state index contributed by atoms with van der Waals surface area (Å²) < 4.78 is 5.38. The molecule has 7 heteroatoms. The van der Waals surface area contributed by atoms with Gasteiger partial charge in [0.25, 0.3) is 5.91 Å². The molecule has 1 aromatic carbocycles. The molecule has 0 aliphatic rings. The predicted octanol–water partition coefficient (Wildman–Crippen LogP) is 2.67. The highest BCUT2D eigenvalue weighted by atomic mass is 32.1. The summed E-state index contributed by atoms with van der Waals surface area (Å²) >= 11 is 1.45. The number of amides is 1. The summed E-state index contributed by atoms with van der Waals surface area (Å²) in [5, 5.41) is 11.4. The summed E-state index contributed by atoms with van der Waals surface area (Å²) in [5.41, 5.74) is 1.17. The highest BCUT2D eigenvalue weighted by Gasteiger charge is 2.05. The van der Waals surface area contributed by atoms with Gasteiger partial charge in [-0.1, -0.05) is 24.3 Å². The van der Waals surface area contributed by atoms with E-state index in [0.29, 0.717) is 13.1 Å². The van der Waals surface area contributed by atoms with Crippen LogP contribution in [0, 0.1) is 0 Å². The maximum atomic E-state index is 11.9. The fourth-order valence-electron chi connectivity index (χ4n) is 2.53. The van der Waals surface area contributed by atoms with Gasteiger partial charge in [-0.3, -0.25) is 9.79 Å². The first kappa shape index (κ1) is 20.8. The molecule has 2 rings (SSSR count). The van der Waals surface area contributed by atoms with Gasteiger partial charge in [-0.15, -0.1) is 11.3 Å². The quantitative estimate of drug-likeness (QED) is 0.332. The fraction of sp³-hybridized carbons (Fsp3) is 0.400. The number of thiophene rings is 1. The average molecular weight is 389 g/mol. The smallest absolute Gasteiger partial charge is 0.261 e. The van der Waals surface area contributed by atoms with E-state index >= 15 is 0 Å². The minimum absolute atomic E-state index is 0.0178. The van der Waals surface area contributed by atoms with Crippen molar-refractivity contribution >= 4 is 23.2 Å². The molecular formula is C20H28N4O2S. The van der Waals surface area contributed by atoms with Crippen molar-refractivity contribution in [1.82, 2.24) is 16.0 Å². The van der Waals surface area contributed by atoms with Gasteiger partial charge in [-0.2, -0.15) is 0 Å². The number of methoxy groups -OCH3 is 1. The lowest BCUT2D eigenvalue weighted by Crippen LogP contribution is -2.38. The molecule has 0 bridgehead atoms. The van der Waals surface area contributed by atoms with Gasteiger partial charge >= 0.3 is 0 Å². The molecule has 1 aromatic heterocycles. The molecule has 1 heterocycles. The number of benzene rings is 1. The molecule has 0 fully saturated rings. The number of para-hydroxylation sites is 1. The Kier molecular flexibility index (Phi) is 9.20. The third-order valence-electron chi connectivity index (χ3n) is 3.86. The summed E-state index contributed by atoms with van der Waals surface area (Å²) in [6.45, 7) is 4.87. The lowest BCUT2D eigenvalue weighted by molar-refractivity contribution is 0.0957. The average Bonchev–Trinajstić information content (AvgIpc) is 3.23. The van der Waals surface area contributed by atoms with E-state index in [9.17, 15) is 4.79 Å². The topological polar surface area (TPSA) is 74.8 Å². The third-order valence-corrected chi connectivity index (χ3v) is 4.73. The molecule has 0 saturated heterocycles. The molecule has 0 atom stereocenters. The number of carbonyl (C=O) groups is 1. The molecule has 0 radical (unpaired) electrons. The second-order valence-electron chi connectivity index (χ2n) is 5.84. The standard InChI is InChI=1S/C20H28N4O2S/c1-3-21-20(24-14-11-16-8-4-5-9-17(16)26-2)23-13-7-12-22-19(25)18-10-6-15-27-18/h4-6,8-10,15H,3,7,11-14H2,1-2H3,(H,22,25)(H2,21,23,24). The zero-order valence-electron chi connectivity index (χ0n) is 16.0. The summed E-state index contributed by atoms with van der Waals surface area (Å²) in [6.07, 6.45) is 1.64. The predicted molar refractivity (Wildman–Crippen MR) is 112 cm³/mol. The minimum Gasteiger partial charge on any atom is -0.496 e. The minimum atomic E-state index is -0.0178. The van der Waals surface area contributed by atoms with Crippen molar-refractivity contribution in [3.8, 4) is 5.75 Å². The van der Waals surface area contributed by atoms with Gasteiger partial charge in [0.2, 0.25) is 0 Å². The van der Waals surface area contributed by atoms with Crippen LogP contribution in [-0.4, -0.2) is 45.2 Å². The Bertz CT molecular complexity index is 717. The van der Waals surface area contributed by atoms with Crippen molar-refractivity contribution in [2.24, 2.45) is 4.99 Å². The number of rotatable bonds is 10. The van der Waals surface area contributed by atoms with E-state index in [2.05, 4.69) is 27.0 Å². The Balaban J connectivity index is 1.71. The lowest BCUT2D eigenvalue weighted by Gasteiger charge is -2.12. The Morgan fingerprint density at radius 1 is 1.11 bits per heavy atom. The monoisotopic (exact) mass is 388 g/mol. The van der Waals surface area contributed by atoms with Gasteiger partial charge in [-0.25, -0.2) is 0 Å². The van der Waals surface area contributed by atoms with Gasteiger partial charge in [0.15, 0.2) is 5.96 Å². The zero-order chi connectivity index (χ0) is 19.3. The summed E-state index contributed by atoms with van der Waals surface area (Å²) in [4.78, 5) is 17.2. The molecule has 0 saturated carbocycles. The van der Waals surface area contributed by atoms with E-state index in [-0.39, 0.29) is 5.91 Å². The first-order chi connectivity index (χ1) is 13.2. The SMILES string of the molecule is CCNC(=NCCCNC(=O)c1cccs1)NCCc1ccccc1OC. The van der Waals surface area contributed by atoms with Crippen molar-refractivity contribution < 1.29 is 9.53 Å². The van der Waals surface area contributed by atoms with Crippen molar-refractivity contribution in [3.05, 3.63) is 52.2 Å². The second kappa shape index (κ2) is 12.0. The number of nitrogens with one attached hydrogen (secondary N) is 3. The van der Waals surface area contributed by atoms with Gasteiger partial charge in [-0.05, 0) is 42.8 Å². The molecule has 0 spiro atoms. The van der Waals surface area contributed by atoms with E-state index in [4.69, 9.17) is 4.74 Å². The van der Waals surface area contributed by atoms with E-state index in [0.717, 1.165) is 42.5 Å². The summed E-state index contributed by atoms with van der Waals surface area (Å²) in [5.74, 6) is 1.68. The molecule has 2 aromatic rings. The summed E-state index contributed by atoms with van der Waals surface area (Å²) in [6, 6.07) is 11.7. The molecule has 146 valence electrons. The Morgan fingerprint density at radius 3 is 2.70 bits per heavy atom. The van der Waals surface area contributed by atoms with E-state index < -0.39 is 0 Å². The molecule has 1 amide bonds. The molecule has 0 aliphatic heterocycles. The third kappa shape index (κ3) is 7.30.